The Morgan fingerprint density at radius 1 is 0.840 bits per heavy atom. The molecule has 5 nitrogen and oxygen atoms in total. The van der Waals surface area contributed by atoms with E-state index in [1.807, 2.05) is 14.1 Å². The minimum absolute atomic E-state index is 0.0552. The van der Waals surface area contributed by atoms with E-state index in [2.05, 4.69) is 12.2 Å². The Labute approximate surface area is 154 Å². The molecule has 0 bridgehead atoms. The number of nitrogens with zero attached hydrogens (tertiary/aromatic N) is 1. The summed E-state index contributed by atoms with van der Waals surface area (Å²) in [4.78, 5) is 24.7. The normalized spacial score (nSPS) is 10.9. The van der Waals surface area contributed by atoms with E-state index < -0.39 is 0 Å². The Hall–Kier alpha value is -1.10. The van der Waals surface area contributed by atoms with Crippen LogP contribution in [-0.2, 0) is 14.3 Å². The highest BCUT2D eigenvalue weighted by molar-refractivity contribution is 5.75. The van der Waals surface area contributed by atoms with Gasteiger partial charge in [-0.1, -0.05) is 64.7 Å². The Morgan fingerprint density at radius 2 is 1.40 bits per heavy atom. The lowest BCUT2D eigenvalue weighted by molar-refractivity contribution is -0.144. The van der Waals surface area contributed by atoms with E-state index >= 15 is 0 Å². The van der Waals surface area contributed by atoms with Crippen LogP contribution in [0.2, 0.25) is 0 Å². The molecule has 0 heterocycles. The van der Waals surface area contributed by atoms with Crippen molar-refractivity contribution < 1.29 is 14.3 Å². The van der Waals surface area contributed by atoms with Gasteiger partial charge in [-0.05, 0) is 26.9 Å². The van der Waals surface area contributed by atoms with Crippen molar-refractivity contribution in [2.45, 2.75) is 84.0 Å². The lowest BCUT2D eigenvalue weighted by atomic mass is 10.1. The van der Waals surface area contributed by atoms with Crippen LogP contribution < -0.4 is 5.32 Å². The smallest absolute Gasteiger partial charge is 0.320 e. The molecule has 0 spiro atoms. The molecule has 0 aliphatic heterocycles. The number of rotatable bonds is 17. The number of likely N-dealkylation sites (N-methyl/N-ethyl adjacent to an activating group) is 1. The number of nitrogens with one attached hydrogen (secondary N) is 1. The van der Waals surface area contributed by atoms with Gasteiger partial charge in [-0.2, -0.15) is 0 Å². The van der Waals surface area contributed by atoms with Gasteiger partial charge in [0.15, 0.2) is 0 Å². The number of hydrogen-bond acceptors (Lipinski definition) is 4. The average Bonchev–Trinajstić information content (AvgIpc) is 2.56. The number of carbonyl (C=O) groups excluding carboxylic acids is 2. The molecule has 1 amide bonds. The topological polar surface area (TPSA) is 58.6 Å². The van der Waals surface area contributed by atoms with Gasteiger partial charge in [-0.25, -0.2) is 0 Å². The van der Waals surface area contributed by atoms with E-state index in [1.165, 1.54) is 57.8 Å². The lowest BCUT2D eigenvalue weighted by Gasteiger charge is -2.09. The molecule has 25 heavy (non-hydrogen) atoms. The summed E-state index contributed by atoms with van der Waals surface area (Å²) in [5.74, 6) is -0.185. The third-order valence-corrected chi connectivity index (χ3v) is 4.11. The van der Waals surface area contributed by atoms with Crippen LogP contribution in [0.5, 0.6) is 0 Å². The van der Waals surface area contributed by atoms with Gasteiger partial charge in [0.2, 0.25) is 5.91 Å². The monoisotopic (exact) mass is 356 g/mol. The summed E-state index contributed by atoms with van der Waals surface area (Å²) < 4.78 is 5.05. The molecule has 0 aromatic carbocycles. The van der Waals surface area contributed by atoms with Crippen molar-refractivity contribution in [2.75, 3.05) is 33.8 Å². The highest BCUT2D eigenvalue weighted by Gasteiger charge is 2.05. The third kappa shape index (κ3) is 19.1. The summed E-state index contributed by atoms with van der Waals surface area (Å²) in [7, 11) is 3.64. The Balaban J connectivity index is 3.27. The van der Waals surface area contributed by atoms with Crippen LogP contribution in [0.4, 0.5) is 0 Å². The van der Waals surface area contributed by atoms with E-state index in [1.54, 1.807) is 4.90 Å². The number of ether oxygens (including phenoxy) is 1. The van der Waals surface area contributed by atoms with Gasteiger partial charge in [0.05, 0.1) is 13.2 Å². The average molecular weight is 357 g/mol. The van der Waals surface area contributed by atoms with Crippen LogP contribution in [0, 0.1) is 0 Å². The maximum absolute atomic E-state index is 11.7. The summed E-state index contributed by atoms with van der Waals surface area (Å²) in [6, 6.07) is 0. The van der Waals surface area contributed by atoms with E-state index in [9.17, 15) is 9.59 Å². The van der Waals surface area contributed by atoms with Crippen molar-refractivity contribution in [3.05, 3.63) is 0 Å². The van der Waals surface area contributed by atoms with Crippen molar-refractivity contribution >= 4 is 11.9 Å². The summed E-state index contributed by atoms with van der Waals surface area (Å²) in [5, 5.41) is 2.94. The van der Waals surface area contributed by atoms with Gasteiger partial charge >= 0.3 is 5.97 Å². The molecule has 1 N–H and O–H groups in total. The molecule has 0 rings (SSSR count). The van der Waals surface area contributed by atoms with Crippen LogP contribution in [0.1, 0.15) is 84.0 Å². The second-order valence-electron chi connectivity index (χ2n) is 7.09. The van der Waals surface area contributed by atoms with E-state index in [4.69, 9.17) is 4.74 Å². The van der Waals surface area contributed by atoms with Crippen molar-refractivity contribution in [2.24, 2.45) is 0 Å². The zero-order valence-corrected chi connectivity index (χ0v) is 16.8. The first kappa shape index (κ1) is 23.9. The summed E-state index contributed by atoms with van der Waals surface area (Å²) >= 11 is 0. The van der Waals surface area contributed by atoms with Crippen LogP contribution in [0.3, 0.4) is 0 Å². The number of esters is 1. The standard InChI is InChI=1S/C20H40N2O3/c1-4-5-6-7-8-9-10-11-12-13-16-21-19(23)15-14-17-25-20(24)18-22(2)3/h4-18H2,1-3H3,(H,21,23). The number of amides is 1. The quantitative estimate of drug-likeness (QED) is 0.317. The Bertz CT molecular complexity index is 333. The first-order valence-corrected chi connectivity index (χ1v) is 10.1. The summed E-state index contributed by atoms with van der Waals surface area (Å²) in [6.45, 7) is 3.61. The second-order valence-corrected chi connectivity index (χ2v) is 7.09. The van der Waals surface area contributed by atoms with E-state index in [-0.39, 0.29) is 18.4 Å². The maximum atomic E-state index is 11.7. The molecule has 0 fully saturated rings. The molecule has 0 radical (unpaired) electrons. The van der Waals surface area contributed by atoms with Crippen LogP contribution >= 0.6 is 0 Å². The number of hydrogen-bond donors (Lipinski definition) is 1. The Kier molecular flexibility index (Phi) is 16.9. The van der Waals surface area contributed by atoms with Crippen LogP contribution in [-0.4, -0.2) is 50.6 Å². The van der Waals surface area contributed by atoms with Crippen LogP contribution in [0.15, 0.2) is 0 Å². The predicted molar refractivity (Wildman–Crippen MR) is 104 cm³/mol. The fraction of sp³-hybridized carbons (Fsp3) is 0.900. The minimum atomic E-state index is -0.240. The maximum Gasteiger partial charge on any atom is 0.320 e. The van der Waals surface area contributed by atoms with Gasteiger partial charge in [-0.3, -0.25) is 14.5 Å². The molecule has 0 aromatic rings. The highest BCUT2D eigenvalue weighted by atomic mass is 16.5. The summed E-state index contributed by atoms with van der Waals surface area (Å²) in [6.07, 6.45) is 14.0. The van der Waals surface area contributed by atoms with Gasteiger partial charge in [0, 0.05) is 13.0 Å². The first-order chi connectivity index (χ1) is 12.1. The van der Waals surface area contributed by atoms with Gasteiger partial charge in [0.25, 0.3) is 0 Å². The van der Waals surface area contributed by atoms with Gasteiger partial charge in [-0.15, -0.1) is 0 Å². The zero-order valence-electron chi connectivity index (χ0n) is 16.8. The fourth-order valence-electron chi connectivity index (χ4n) is 2.65. The van der Waals surface area contributed by atoms with Crippen molar-refractivity contribution in [3.8, 4) is 0 Å². The largest absolute Gasteiger partial charge is 0.465 e. The van der Waals surface area contributed by atoms with E-state index in [0.717, 1.165) is 13.0 Å². The lowest BCUT2D eigenvalue weighted by Crippen LogP contribution is -2.26. The van der Waals surface area contributed by atoms with Crippen molar-refractivity contribution in [1.82, 2.24) is 10.2 Å². The molecule has 0 aliphatic carbocycles. The molecule has 0 saturated carbocycles. The van der Waals surface area contributed by atoms with Gasteiger partial charge in [0.1, 0.15) is 0 Å². The zero-order chi connectivity index (χ0) is 18.8. The molecular formula is C20H40N2O3. The Morgan fingerprint density at radius 3 is 1.96 bits per heavy atom. The molecule has 0 saturated heterocycles. The predicted octanol–water partition coefficient (Wildman–Crippen LogP) is 3.91. The molecule has 0 unspecified atom stereocenters. The number of unbranched alkanes of at least 4 members (excludes halogenated alkanes) is 9. The van der Waals surface area contributed by atoms with Crippen molar-refractivity contribution in [1.29, 1.82) is 0 Å². The molecule has 0 aliphatic rings. The van der Waals surface area contributed by atoms with Crippen LogP contribution in [0.25, 0.3) is 0 Å². The molecule has 5 heteroatoms. The minimum Gasteiger partial charge on any atom is -0.465 e. The third-order valence-electron chi connectivity index (χ3n) is 4.11. The molecule has 0 atom stereocenters. The first-order valence-electron chi connectivity index (χ1n) is 10.1. The SMILES string of the molecule is CCCCCCCCCCCCNC(=O)CCCOC(=O)CN(C)C. The fourth-order valence-corrected chi connectivity index (χ4v) is 2.65. The molecular weight excluding hydrogens is 316 g/mol. The van der Waals surface area contributed by atoms with Crippen molar-refractivity contribution in [3.63, 3.8) is 0 Å². The van der Waals surface area contributed by atoms with E-state index in [0.29, 0.717) is 19.4 Å². The summed E-state index contributed by atoms with van der Waals surface area (Å²) in [5.41, 5.74) is 0. The molecule has 0 aromatic heterocycles. The molecule has 148 valence electrons. The number of carbonyl (C=O) groups is 2. The highest BCUT2D eigenvalue weighted by Crippen LogP contribution is 2.10. The second kappa shape index (κ2) is 17.7. The van der Waals surface area contributed by atoms with Gasteiger partial charge < -0.3 is 10.1 Å².